The molecule has 2 aromatic rings. The zero-order valence-electron chi connectivity index (χ0n) is 15.9. The predicted molar refractivity (Wildman–Crippen MR) is 106 cm³/mol. The number of likely N-dealkylation sites (N-methyl/N-ethyl adjacent to an activating group) is 1. The van der Waals surface area contributed by atoms with Crippen LogP contribution < -0.4 is 4.90 Å². The monoisotopic (exact) mass is 353 g/mol. The summed E-state index contributed by atoms with van der Waals surface area (Å²) in [6.45, 7) is 0.926. The molecule has 0 spiro atoms. The number of nitrogens with zero attached hydrogens (tertiary/aromatic N) is 3. The Bertz CT molecular complexity index is 788. The molecule has 0 aromatic heterocycles. The van der Waals surface area contributed by atoms with Gasteiger partial charge in [-0.3, -0.25) is 4.79 Å². The van der Waals surface area contributed by atoms with Crippen molar-refractivity contribution >= 4 is 11.6 Å². The topological polar surface area (TPSA) is 47.0 Å². The molecule has 1 heterocycles. The minimum atomic E-state index is -0.506. The maximum absolute atomic E-state index is 12.9. The zero-order chi connectivity index (χ0) is 18.8. The van der Waals surface area contributed by atoms with Crippen molar-refractivity contribution in [3.05, 3.63) is 54.1 Å². The van der Waals surface area contributed by atoms with E-state index in [-0.39, 0.29) is 11.9 Å². The van der Waals surface area contributed by atoms with Crippen LogP contribution in [0.3, 0.4) is 0 Å². The standard InChI is InChI=1S/C21H27N3O2/c1-22(2)18-10-6-8-16(12-18)15-7-5-9-17(11-15)21(26)24-13-19(23(3)4)20(25)14-24/h5-12,19-20,25H,13-14H2,1-4H3/t19-,20-/m0/s1. The third-order valence-corrected chi connectivity index (χ3v) is 5.01. The highest BCUT2D eigenvalue weighted by atomic mass is 16.3. The zero-order valence-corrected chi connectivity index (χ0v) is 15.9. The molecule has 26 heavy (non-hydrogen) atoms. The van der Waals surface area contributed by atoms with Crippen molar-refractivity contribution in [1.82, 2.24) is 9.80 Å². The first-order valence-electron chi connectivity index (χ1n) is 8.88. The van der Waals surface area contributed by atoms with Crippen LogP contribution in [-0.4, -0.2) is 74.2 Å². The summed E-state index contributed by atoms with van der Waals surface area (Å²) in [5.41, 5.74) is 3.88. The molecule has 3 rings (SSSR count). The first kappa shape index (κ1) is 18.4. The smallest absolute Gasteiger partial charge is 0.254 e. The predicted octanol–water partition coefficient (Wildman–Crippen LogP) is 2.17. The number of aliphatic hydroxyl groups is 1. The van der Waals surface area contributed by atoms with Crippen LogP contribution in [0.15, 0.2) is 48.5 Å². The Hall–Kier alpha value is -2.37. The maximum atomic E-state index is 12.9. The van der Waals surface area contributed by atoms with Gasteiger partial charge < -0.3 is 19.8 Å². The molecule has 2 atom stereocenters. The van der Waals surface area contributed by atoms with E-state index in [9.17, 15) is 9.90 Å². The van der Waals surface area contributed by atoms with E-state index in [1.165, 1.54) is 0 Å². The van der Waals surface area contributed by atoms with Crippen LogP contribution in [0.1, 0.15) is 10.4 Å². The molecule has 1 saturated heterocycles. The molecule has 138 valence electrons. The van der Waals surface area contributed by atoms with E-state index < -0.39 is 6.10 Å². The molecule has 0 bridgehead atoms. The third-order valence-electron chi connectivity index (χ3n) is 5.01. The van der Waals surface area contributed by atoms with Crippen molar-refractivity contribution in [2.24, 2.45) is 0 Å². The number of anilines is 1. The van der Waals surface area contributed by atoms with Gasteiger partial charge in [0.1, 0.15) is 0 Å². The number of aliphatic hydroxyl groups excluding tert-OH is 1. The fraction of sp³-hybridized carbons (Fsp3) is 0.381. The van der Waals surface area contributed by atoms with Gasteiger partial charge in [-0.05, 0) is 49.5 Å². The van der Waals surface area contributed by atoms with E-state index in [0.717, 1.165) is 16.8 Å². The molecule has 1 N–H and O–H groups in total. The first-order valence-corrected chi connectivity index (χ1v) is 8.88. The second kappa shape index (κ2) is 7.48. The van der Waals surface area contributed by atoms with Gasteiger partial charge in [-0.1, -0.05) is 24.3 Å². The summed E-state index contributed by atoms with van der Waals surface area (Å²) in [4.78, 5) is 18.7. The van der Waals surface area contributed by atoms with Gasteiger partial charge in [0.25, 0.3) is 5.91 Å². The molecule has 1 fully saturated rings. The third kappa shape index (κ3) is 3.74. The van der Waals surface area contributed by atoms with Gasteiger partial charge in [0, 0.05) is 38.4 Å². The van der Waals surface area contributed by atoms with E-state index in [4.69, 9.17) is 0 Å². The quantitative estimate of drug-likeness (QED) is 0.915. The second-order valence-corrected chi connectivity index (χ2v) is 7.33. The van der Waals surface area contributed by atoms with Gasteiger partial charge in [-0.25, -0.2) is 0 Å². The lowest BCUT2D eigenvalue weighted by Crippen LogP contribution is -2.38. The summed E-state index contributed by atoms with van der Waals surface area (Å²) in [6, 6.07) is 16.0. The Morgan fingerprint density at radius 2 is 1.65 bits per heavy atom. The summed E-state index contributed by atoms with van der Waals surface area (Å²) in [5, 5.41) is 10.2. The molecule has 0 unspecified atom stereocenters. The van der Waals surface area contributed by atoms with Crippen molar-refractivity contribution < 1.29 is 9.90 Å². The summed E-state index contributed by atoms with van der Waals surface area (Å²) in [5.74, 6) is -0.0287. The number of amides is 1. The van der Waals surface area contributed by atoms with Crippen LogP contribution in [-0.2, 0) is 0 Å². The highest BCUT2D eigenvalue weighted by molar-refractivity contribution is 5.95. The van der Waals surface area contributed by atoms with Crippen LogP contribution in [0.25, 0.3) is 11.1 Å². The lowest BCUT2D eigenvalue weighted by atomic mass is 10.0. The molecule has 1 amide bonds. The number of β-amino-alcohol motifs (C(OH)–C–C–N with tert-alkyl or cyclic N) is 1. The molecule has 0 saturated carbocycles. The number of carbonyl (C=O) groups excluding carboxylic acids is 1. The molecular weight excluding hydrogens is 326 g/mol. The summed E-state index contributed by atoms with van der Waals surface area (Å²) >= 11 is 0. The normalized spacial score (nSPS) is 19.8. The number of likely N-dealkylation sites (tertiary alicyclic amines) is 1. The lowest BCUT2D eigenvalue weighted by molar-refractivity contribution is 0.0764. The molecule has 1 aliphatic rings. The van der Waals surface area contributed by atoms with Crippen LogP contribution in [0.2, 0.25) is 0 Å². The highest BCUT2D eigenvalue weighted by Crippen LogP contribution is 2.26. The van der Waals surface area contributed by atoms with Crippen molar-refractivity contribution in [3.63, 3.8) is 0 Å². The molecule has 5 heteroatoms. The average Bonchev–Trinajstić information content (AvgIpc) is 3.03. The number of carbonyl (C=O) groups is 1. The fourth-order valence-corrected chi connectivity index (χ4v) is 3.42. The molecule has 5 nitrogen and oxygen atoms in total. The number of hydrogen-bond acceptors (Lipinski definition) is 4. The molecule has 0 radical (unpaired) electrons. The number of hydrogen-bond donors (Lipinski definition) is 1. The van der Waals surface area contributed by atoms with Gasteiger partial charge in [0.2, 0.25) is 0 Å². The Labute approximate surface area is 155 Å². The van der Waals surface area contributed by atoms with E-state index in [1.54, 1.807) is 4.90 Å². The van der Waals surface area contributed by atoms with Gasteiger partial charge in [-0.15, -0.1) is 0 Å². The van der Waals surface area contributed by atoms with E-state index >= 15 is 0 Å². The van der Waals surface area contributed by atoms with E-state index in [1.807, 2.05) is 63.4 Å². The van der Waals surface area contributed by atoms with Gasteiger partial charge >= 0.3 is 0 Å². The second-order valence-electron chi connectivity index (χ2n) is 7.33. The molecule has 1 aliphatic heterocycles. The van der Waals surface area contributed by atoms with Crippen LogP contribution in [0, 0.1) is 0 Å². The number of benzene rings is 2. The van der Waals surface area contributed by atoms with Crippen LogP contribution >= 0.6 is 0 Å². The van der Waals surface area contributed by atoms with Crippen molar-refractivity contribution in [2.45, 2.75) is 12.1 Å². The fourth-order valence-electron chi connectivity index (χ4n) is 3.42. The highest BCUT2D eigenvalue weighted by Gasteiger charge is 2.35. The van der Waals surface area contributed by atoms with Crippen molar-refractivity contribution in [3.8, 4) is 11.1 Å². The first-order chi connectivity index (χ1) is 12.4. The minimum Gasteiger partial charge on any atom is -0.390 e. The molecular formula is C21H27N3O2. The molecule has 2 aromatic carbocycles. The Morgan fingerprint density at radius 3 is 2.27 bits per heavy atom. The van der Waals surface area contributed by atoms with Gasteiger partial charge in [0.05, 0.1) is 12.1 Å². The Balaban J connectivity index is 1.84. The van der Waals surface area contributed by atoms with Crippen molar-refractivity contribution in [1.29, 1.82) is 0 Å². The Kier molecular flexibility index (Phi) is 5.30. The summed E-state index contributed by atoms with van der Waals surface area (Å²) in [6.07, 6.45) is -0.506. The van der Waals surface area contributed by atoms with E-state index in [0.29, 0.717) is 18.7 Å². The Morgan fingerprint density at radius 1 is 1.00 bits per heavy atom. The van der Waals surface area contributed by atoms with Crippen LogP contribution in [0.4, 0.5) is 5.69 Å². The van der Waals surface area contributed by atoms with Crippen LogP contribution in [0.5, 0.6) is 0 Å². The van der Waals surface area contributed by atoms with Gasteiger partial charge in [0.15, 0.2) is 0 Å². The maximum Gasteiger partial charge on any atom is 0.254 e. The summed E-state index contributed by atoms with van der Waals surface area (Å²) in [7, 11) is 7.89. The van der Waals surface area contributed by atoms with Gasteiger partial charge in [-0.2, -0.15) is 0 Å². The lowest BCUT2D eigenvalue weighted by Gasteiger charge is -2.21. The summed E-state index contributed by atoms with van der Waals surface area (Å²) < 4.78 is 0. The largest absolute Gasteiger partial charge is 0.390 e. The molecule has 0 aliphatic carbocycles. The SMILES string of the molecule is CN(C)c1cccc(-c2cccc(C(=O)N3C[C@H](O)[C@@H](N(C)C)C3)c2)c1. The van der Waals surface area contributed by atoms with Crippen molar-refractivity contribution in [2.75, 3.05) is 46.2 Å². The number of rotatable bonds is 4. The minimum absolute atomic E-state index is 0.0149. The average molecular weight is 353 g/mol. The van der Waals surface area contributed by atoms with E-state index in [2.05, 4.69) is 23.1 Å².